The normalized spacial score (nSPS) is 10.3. The highest BCUT2D eigenvalue weighted by atomic mass is 16.6. The average Bonchev–Trinajstić information content (AvgIpc) is 2.76. The molecule has 0 saturated carbocycles. The minimum absolute atomic E-state index is 0.0757. The standard InChI is InChI=1S/C13H14N4O3/c1-8-4-5-10(6-9(8)2)15-13(18)12-11(17(19)20)7-14-16(12)3/h4-7H,1-3H3,(H,15,18). The van der Waals surface area contributed by atoms with Crippen LogP contribution >= 0.6 is 0 Å². The van der Waals surface area contributed by atoms with Crippen molar-refractivity contribution < 1.29 is 9.72 Å². The van der Waals surface area contributed by atoms with Gasteiger partial charge < -0.3 is 5.32 Å². The largest absolute Gasteiger partial charge is 0.320 e. The highest BCUT2D eigenvalue weighted by Crippen LogP contribution is 2.20. The van der Waals surface area contributed by atoms with E-state index in [9.17, 15) is 14.9 Å². The van der Waals surface area contributed by atoms with Crippen LogP contribution in [0.1, 0.15) is 21.6 Å². The van der Waals surface area contributed by atoms with E-state index in [1.807, 2.05) is 26.0 Å². The lowest BCUT2D eigenvalue weighted by molar-refractivity contribution is -0.385. The Balaban J connectivity index is 2.30. The van der Waals surface area contributed by atoms with Crippen molar-refractivity contribution >= 4 is 17.3 Å². The molecule has 104 valence electrons. The molecule has 0 bridgehead atoms. The Morgan fingerprint density at radius 2 is 2.05 bits per heavy atom. The molecule has 0 spiro atoms. The summed E-state index contributed by atoms with van der Waals surface area (Å²) in [7, 11) is 1.49. The van der Waals surface area contributed by atoms with Crippen LogP contribution in [0.3, 0.4) is 0 Å². The van der Waals surface area contributed by atoms with E-state index in [2.05, 4.69) is 10.4 Å². The average molecular weight is 274 g/mol. The molecular formula is C13H14N4O3. The van der Waals surface area contributed by atoms with E-state index in [0.29, 0.717) is 5.69 Å². The number of rotatable bonds is 3. The van der Waals surface area contributed by atoms with Crippen LogP contribution in [0.2, 0.25) is 0 Å². The molecule has 1 amide bonds. The number of benzene rings is 1. The van der Waals surface area contributed by atoms with Gasteiger partial charge in [0.1, 0.15) is 6.20 Å². The molecule has 1 aromatic carbocycles. The molecule has 0 unspecified atom stereocenters. The number of carbonyl (C=O) groups excluding carboxylic acids is 1. The lowest BCUT2D eigenvalue weighted by Crippen LogP contribution is -2.17. The van der Waals surface area contributed by atoms with Crippen molar-refractivity contribution in [3.8, 4) is 0 Å². The third-order valence-electron chi connectivity index (χ3n) is 3.10. The van der Waals surface area contributed by atoms with Gasteiger partial charge in [0.2, 0.25) is 5.69 Å². The third-order valence-corrected chi connectivity index (χ3v) is 3.10. The van der Waals surface area contributed by atoms with Crippen molar-refractivity contribution in [3.63, 3.8) is 0 Å². The van der Waals surface area contributed by atoms with Crippen molar-refractivity contribution in [1.29, 1.82) is 0 Å². The van der Waals surface area contributed by atoms with Crippen LogP contribution in [0.25, 0.3) is 0 Å². The Kier molecular flexibility index (Phi) is 3.51. The van der Waals surface area contributed by atoms with Crippen LogP contribution in [0.4, 0.5) is 11.4 Å². The SMILES string of the molecule is Cc1ccc(NC(=O)c2c([N+](=O)[O-])cnn2C)cc1C. The van der Waals surface area contributed by atoms with E-state index in [1.165, 1.54) is 11.7 Å². The predicted molar refractivity (Wildman–Crippen MR) is 73.7 cm³/mol. The molecular weight excluding hydrogens is 260 g/mol. The molecule has 0 aliphatic rings. The minimum Gasteiger partial charge on any atom is -0.320 e. The van der Waals surface area contributed by atoms with Crippen molar-refractivity contribution in [2.24, 2.45) is 7.05 Å². The Bertz CT molecular complexity index is 691. The molecule has 20 heavy (non-hydrogen) atoms. The van der Waals surface area contributed by atoms with Gasteiger partial charge in [-0.2, -0.15) is 5.10 Å². The Labute approximate surface area is 115 Å². The molecule has 0 saturated heterocycles. The highest BCUT2D eigenvalue weighted by Gasteiger charge is 2.25. The number of nitro groups is 1. The number of amides is 1. The fourth-order valence-electron chi connectivity index (χ4n) is 1.83. The molecule has 7 nitrogen and oxygen atoms in total. The number of hydrogen-bond donors (Lipinski definition) is 1. The summed E-state index contributed by atoms with van der Waals surface area (Å²) in [5, 5.41) is 17.3. The molecule has 0 aliphatic carbocycles. The first-order valence-electron chi connectivity index (χ1n) is 5.95. The van der Waals surface area contributed by atoms with Gasteiger partial charge in [0, 0.05) is 12.7 Å². The van der Waals surface area contributed by atoms with E-state index < -0.39 is 10.8 Å². The van der Waals surface area contributed by atoms with Crippen LogP contribution in [0.15, 0.2) is 24.4 Å². The minimum atomic E-state index is -0.623. The molecule has 2 aromatic rings. The zero-order valence-electron chi connectivity index (χ0n) is 11.4. The van der Waals surface area contributed by atoms with E-state index in [-0.39, 0.29) is 11.4 Å². The molecule has 1 aromatic heterocycles. The third kappa shape index (κ3) is 2.51. The zero-order chi connectivity index (χ0) is 14.9. The first kappa shape index (κ1) is 13.7. The monoisotopic (exact) mass is 274 g/mol. The van der Waals surface area contributed by atoms with E-state index in [0.717, 1.165) is 17.3 Å². The molecule has 0 aliphatic heterocycles. The van der Waals surface area contributed by atoms with Gasteiger partial charge in [-0.25, -0.2) is 0 Å². The first-order valence-corrected chi connectivity index (χ1v) is 5.95. The first-order chi connectivity index (χ1) is 9.40. The lowest BCUT2D eigenvalue weighted by Gasteiger charge is -2.07. The summed E-state index contributed by atoms with van der Waals surface area (Å²) in [6.45, 7) is 3.89. The second kappa shape index (κ2) is 5.12. The summed E-state index contributed by atoms with van der Waals surface area (Å²) in [4.78, 5) is 22.4. The number of carbonyl (C=O) groups is 1. The van der Waals surface area contributed by atoms with Gasteiger partial charge in [0.05, 0.1) is 4.92 Å². The van der Waals surface area contributed by atoms with Gasteiger partial charge in [0.25, 0.3) is 5.91 Å². The maximum atomic E-state index is 12.1. The summed E-state index contributed by atoms with van der Waals surface area (Å²) in [5.74, 6) is -0.556. The van der Waals surface area contributed by atoms with Crippen LogP contribution in [-0.2, 0) is 7.05 Å². The van der Waals surface area contributed by atoms with Crippen molar-refractivity contribution in [1.82, 2.24) is 9.78 Å². The van der Waals surface area contributed by atoms with Crippen LogP contribution in [0.5, 0.6) is 0 Å². The molecule has 0 atom stereocenters. The van der Waals surface area contributed by atoms with Gasteiger partial charge in [-0.1, -0.05) is 6.07 Å². The fourth-order valence-corrected chi connectivity index (χ4v) is 1.83. The quantitative estimate of drug-likeness (QED) is 0.686. The molecule has 0 fully saturated rings. The number of hydrogen-bond acceptors (Lipinski definition) is 4. The van der Waals surface area contributed by atoms with Gasteiger partial charge >= 0.3 is 5.69 Å². The van der Waals surface area contributed by atoms with Crippen molar-refractivity contribution in [3.05, 3.63) is 51.3 Å². The number of aromatic nitrogens is 2. The van der Waals surface area contributed by atoms with Crippen LogP contribution < -0.4 is 5.32 Å². The predicted octanol–water partition coefficient (Wildman–Crippen LogP) is 2.20. The zero-order valence-corrected chi connectivity index (χ0v) is 11.4. The second-order valence-corrected chi connectivity index (χ2v) is 4.51. The summed E-state index contributed by atoms with van der Waals surface area (Å²) in [6, 6.07) is 5.44. The number of aryl methyl sites for hydroxylation is 3. The van der Waals surface area contributed by atoms with Crippen LogP contribution in [-0.4, -0.2) is 20.6 Å². The van der Waals surface area contributed by atoms with Gasteiger partial charge in [-0.15, -0.1) is 0 Å². The van der Waals surface area contributed by atoms with Gasteiger partial charge in [-0.05, 0) is 37.1 Å². The smallest absolute Gasteiger partial charge is 0.320 e. The van der Waals surface area contributed by atoms with Crippen molar-refractivity contribution in [2.75, 3.05) is 5.32 Å². The Hall–Kier alpha value is -2.70. The van der Waals surface area contributed by atoms with Gasteiger partial charge in [-0.3, -0.25) is 19.6 Å². The van der Waals surface area contributed by atoms with E-state index >= 15 is 0 Å². The molecule has 7 heteroatoms. The van der Waals surface area contributed by atoms with E-state index in [1.54, 1.807) is 6.07 Å². The van der Waals surface area contributed by atoms with Crippen molar-refractivity contribution in [2.45, 2.75) is 13.8 Å². The number of nitrogens with zero attached hydrogens (tertiary/aromatic N) is 3. The molecule has 1 N–H and O–H groups in total. The molecule has 1 heterocycles. The summed E-state index contributed by atoms with van der Waals surface area (Å²) >= 11 is 0. The molecule has 0 radical (unpaired) electrons. The van der Waals surface area contributed by atoms with E-state index in [4.69, 9.17) is 0 Å². The second-order valence-electron chi connectivity index (χ2n) is 4.51. The lowest BCUT2D eigenvalue weighted by atomic mass is 10.1. The Morgan fingerprint density at radius 1 is 1.35 bits per heavy atom. The summed E-state index contributed by atoms with van der Waals surface area (Å²) < 4.78 is 1.19. The molecule has 2 rings (SSSR count). The number of anilines is 1. The Morgan fingerprint density at radius 3 is 2.65 bits per heavy atom. The summed E-state index contributed by atoms with van der Waals surface area (Å²) in [5.41, 5.74) is 2.34. The van der Waals surface area contributed by atoms with Crippen LogP contribution in [0, 0.1) is 24.0 Å². The maximum Gasteiger partial charge on any atom is 0.320 e. The summed E-state index contributed by atoms with van der Waals surface area (Å²) in [6.07, 6.45) is 1.06. The topological polar surface area (TPSA) is 90.1 Å². The number of nitrogens with one attached hydrogen (secondary N) is 1. The van der Waals surface area contributed by atoms with Gasteiger partial charge in [0.15, 0.2) is 0 Å². The fraction of sp³-hybridized carbons (Fsp3) is 0.231. The highest BCUT2D eigenvalue weighted by molar-refractivity contribution is 6.05. The maximum absolute atomic E-state index is 12.1.